The fourth-order valence-electron chi connectivity index (χ4n) is 4.35. The lowest BCUT2D eigenvalue weighted by molar-refractivity contribution is 0.0679. The van der Waals surface area contributed by atoms with E-state index in [-0.39, 0.29) is 22.9 Å². The number of hydrogen-bond acceptors (Lipinski definition) is 5. The highest BCUT2D eigenvalue weighted by molar-refractivity contribution is 7.89. The maximum absolute atomic E-state index is 13.0. The molecule has 2 aliphatic heterocycles. The van der Waals surface area contributed by atoms with Gasteiger partial charge in [0.2, 0.25) is 10.0 Å². The second-order valence-corrected chi connectivity index (χ2v) is 9.61. The van der Waals surface area contributed by atoms with Crippen LogP contribution in [0, 0.1) is 12.8 Å². The topological polar surface area (TPSA) is 107 Å². The highest BCUT2D eigenvalue weighted by atomic mass is 32.2. The Hall–Kier alpha value is -2.91. The van der Waals surface area contributed by atoms with Gasteiger partial charge in [0.05, 0.1) is 22.9 Å². The van der Waals surface area contributed by atoms with Gasteiger partial charge >= 0.3 is 0 Å². The Morgan fingerprint density at radius 3 is 2.70 bits per heavy atom. The molecule has 0 unspecified atom stereocenters. The van der Waals surface area contributed by atoms with Crippen molar-refractivity contribution in [3.05, 3.63) is 53.9 Å². The maximum atomic E-state index is 13.0. The molecule has 0 radical (unpaired) electrons. The fraction of sp³-hybridized carbons (Fsp3) is 0.333. The zero-order chi connectivity index (χ0) is 20.9. The van der Waals surface area contributed by atoms with Crippen LogP contribution in [0.3, 0.4) is 0 Å². The van der Waals surface area contributed by atoms with Crippen molar-refractivity contribution in [2.75, 3.05) is 18.4 Å². The Morgan fingerprint density at radius 2 is 1.90 bits per heavy atom. The SMILES string of the molecule is Cc1nc2ccc(C(=O)N3CCC([C@@H]4Nc5ccccc5S(=O)(=O)N4)CC3)cc2[nH]1. The Bertz CT molecular complexity index is 1230. The summed E-state index contributed by atoms with van der Waals surface area (Å²) in [6.45, 7) is 3.06. The van der Waals surface area contributed by atoms with Crippen LogP contribution in [0.1, 0.15) is 29.0 Å². The van der Waals surface area contributed by atoms with Gasteiger partial charge in [-0.3, -0.25) is 4.79 Å². The van der Waals surface area contributed by atoms with E-state index in [4.69, 9.17) is 0 Å². The molecule has 8 nitrogen and oxygen atoms in total. The zero-order valence-corrected chi connectivity index (χ0v) is 17.4. The lowest BCUT2D eigenvalue weighted by Gasteiger charge is -2.38. The van der Waals surface area contributed by atoms with Gasteiger partial charge < -0.3 is 15.2 Å². The number of sulfonamides is 1. The standard InChI is InChI=1S/C21H23N5O3S/c1-13-22-16-7-6-15(12-18(16)23-13)21(27)26-10-8-14(9-11-26)20-24-17-4-2-3-5-19(17)30(28,29)25-20/h2-7,12,14,20,24-25H,8-11H2,1H3,(H,22,23)/t20-/m1/s1. The van der Waals surface area contributed by atoms with E-state index in [1.165, 1.54) is 0 Å². The van der Waals surface area contributed by atoms with Crippen LogP contribution >= 0.6 is 0 Å². The minimum Gasteiger partial charge on any atom is -0.368 e. The van der Waals surface area contributed by atoms with Crippen LogP contribution < -0.4 is 10.0 Å². The van der Waals surface area contributed by atoms with Crippen LogP contribution in [0.2, 0.25) is 0 Å². The van der Waals surface area contributed by atoms with Crippen LogP contribution in [-0.4, -0.2) is 48.4 Å². The van der Waals surface area contributed by atoms with Gasteiger partial charge in [0.25, 0.3) is 5.91 Å². The van der Waals surface area contributed by atoms with Crippen LogP contribution in [0.25, 0.3) is 11.0 Å². The molecular formula is C21H23N5O3S. The van der Waals surface area contributed by atoms with Crippen LogP contribution in [0.15, 0.2) is 47.4 Å². The average molecular weight is 426 g/mol. The van der Waals surface area contributed by atoms with Crippen molar-refractivity contribution < 1.29 is 13.2 Å². The number of aromatic amines is 1. The molecule has 1 aromatic heterocycles. The predicted molar refractivity (Wildman–Crippen MR) is 114 cm³/mol. The number of piperidine rings is 1. The molecule has 3 N–H and O–H groups in total. The third kappa shape index (κ3) is 3.33. The van der Waals surface area contributed by atoms with Crippen molar-refractivity contribution in [1.29, 1.82) is 0 Å². The number of hydrogen-bond donors (Lipinski definition) is 3. The van der Waals surface area contributed by atoms with Crippen molar-refractivity contribution in [2.24, 2.45) is 5.92 Å². The van der Waals surface area contributed by atoms with Crippen molar-refractivity contribution in [1.82, 2.24) is 19.6 Å². The number of nitrogens with one attached hydrogen (secondary N) is 3. The third-order valence-corrected chi connectivity index (χ3v) is 7.41. The third-order valence-electron chi connectivity index (χ3n) is 5.92. The number of fused-ring (bicyclic) bond motifs is 2. The molecule has 2 aromatic carbocycles. The van der Waals surface area contributed by atoms with E-state index < -0.39 is 10.0 Å². The van der Waals surface area contributed by atoms with Gasteiger partial charge in [-0.05, 0) is 56.0 Å². The molecule has 2 aliphatic rings. The number of H-pyrrole nitrogens is 1. The number of nitrogens with zero attached hydrogens (tertiary/aromatic N) is 2. The molecule has 0 bridgehead atoms. The number of amides is 1. The zero-order valence-electron chi connectivity index (χ0n) is 16.6. The molecular weight excluding hydrogens is 402 g/mol. The van der Waals surface area contributed by atoms with E-state index in [2.05, 4.69) is 20.0 Å². The highest BCUT2D eigenvalue weighted by Gasteiger charge is 2.35. The highest BCUT2D eigenvalue weighted by Crippen LogP contribution is 2.31. The van der Waals surface area contributed by atoms with Crippen molar-refractivity contribution in [3.8, 4) is 0 Å². The molecule has 0 spiro atoms. The van der Waals surface area contributed by atoms with Gasteiger partial charge in [0.1, 0.15) is 10.7 Å². The summed E-state index contributed by atoms with van der Waals surface area (Å²) in [6.07, 6.45) is 1.07. The summed E-state index contributed by atoms with van der Waals surface area (Å²) in [6, 6.07) is 12.4. The Kier molecular flexibility index (Phi) is 4.52. The predicted octanol–water partition coefficient (Wildman–Crippen LogP) is 2.45. The summed E-state index contributed by atoms with van der Waals surface area (Å²) in [7, 11) is -3.53. The van der Waals surface area contributed by atoms with E-state index in [0.29, 0.717) is 24.3 Å². The first-order valence-corrected chi connectivity index (χ1v) is 11.5. The van der Waals surface area contributed by atoms with E-state index in [9.17, 15) is 13.2 Å². The summed E-state index contributed by atoms with van der Waals surface area (Å²) in [4.78, 5) is 22.6. The molecule has 3 aromatic rings. The first-order chi connectivity index (χ1) is 14.4. The van der Waals surface area contributed by atoms with E-state index >= 15 is 0 Å². The minimum absolute atomic E-state index is 0.00914. The minimum atomic E-state index is -3.53. The van der Waals surface area contributed by atoms with Gasteiger partial charge in [0, 0.05) is 18.7 Å². The largest absolute Gasteiger partial charge is 0.368 e. The number of para-hydroxylation sites is 1. The summed E-state index contributed by atoms with van der Waals surface area (Å²) in [5.41, 5.74) is 2.96. The molecule has 9 heteroatoms. The molecule has 1 fully saturated rings. The summed E-state index contributed by atoms with van der Waals surface area (Å²) < 4.78 is 27.9. The molecule has 5 rings (SSSR count). The number of rotatable bonds is 2. The Labute approximate surface area is 174 Å². The van der Waals surface area contributed by atoms with E-state index in [1.54, 1.807) is 18.2 Å². The van der Waals surface area contributed by atoms with Crippen LogP contribution in [0.5, 0.6) is 0 Å². The number of aromatic nitrogens is 2. The number of carbonyl (C=O) groups excluding carboxylic acids is 1. The summed E-state index contributed by atoms with van der Waals surface area (Å²) in [5, 5.41) is 3.32. The lowest BCUT2D eigenvalue weighted by atomic mass is 9.93. The Balaban J connectivity index is 1.27. The first-order valence-electron chi connectivity index (χ1n) is 10.0. The fourth-order valence-corrected chi connectivity index (χ4v) is 5.74. The van der Waals surface area contributed by atoms with Gasteiger partial charge in [-0.15, -0.1) is 0 Å². The number of benzene rings is 2. The number of anilines is 1. The molecule has 1 amide bonds. The average Bonchev–Trinajstić information content (AvgIpc) is 3.12. The van der Waals surface area contributed by atoms with Crippen molar-refractivity contribution >= 4 is 32.7 Å². The molecule has 0 saturated carbocycles. The van der Waals surface area contributed by atoms with Gasteiger partial charge in [-0.1, -0.05) is 12.1 Å². The maximum Gasteiger partial charge on any atom is 0.253 e. The summed E-state index contributed by atoms with van der Waals surface area (Å²) in [5.74, 6) is 0.916. The van der Waals surface area contributed by atoms with E-state index in [1.807, 2.05) is 36.1 Å². The van der Waals surface area contributed by atoms with Crippen molar-refractivity contribution in [3.63, 3.8) is 0 Å². The summed E-state index contributed by atoms with van der Waals surface area (Å²) >= 11 is 0. The van der Waals surface area contributed by atoms with Crippen LogP contribution in [-0.2, 0) is 10.0 Å². The molecule has 1 saturated heterocycles. The van der Waals surface area contributed by atoms with Gasteiger partial charge in [-0.25, -0.2) is 13.4 Å². The molecule has 1 atom stereocenters. The molecule has 156 valence electrons. The number of imidazole rings is 1. The van der Waals surface area contributed by atoms with Gasteiger partial charge in [0.15, 0.2) is 0 Å². The monoisotopic (exact) mass is 425 g/mol. The number of carbonyl (C=O) groups is 1. The smallest absolute Gasteiger partial charge is 0.253 e. The first kappa shape index (κ1) is 19.1. The van der Waals surface area contributed by atoms with Crippen LogP contribution in [0.4, 0.5) is 5.69 Å². The number of aryl methyl sites for hydroxylation is 1. The normalized spacial score (nSPS) is 21.2. The van der Waals surface area contributed by atoms with Crippen molar-refractivity contribution in [2.45, 2.75) is 30.8 Å². The molecule has 0 aliphatic carbocycles. The second kappa shape index (κ2) is 7.10. The van der Waals surface area contributed by atoms with Gasteiger partial charge in [-0.2, -0.15) is 4.72 Å². The molecule has 3 heterocycles. The van der Waals surface area contributed by atoms with E-state index in [0.717, 1.165) is 29.7 Å². The Morgan fingerprint density at radius 1 is 1.13 bits per heavy atom. The second-order valence-electron chi connectivity index (χ2n) is 7.92. The number of likely N-dealkylation sites (tertiary alicyclic amines) is 1. The lowest BCUT2D eigenvalue weighted by Crippen LogP contribution is -2.52. The molecule has 30 heavy (non-hydrogen) atoms. The quantitative estimate of drug-likeness (QED) is 0.585.